The average molecular weight is 287 g/mol. The number of hydrogen-bond acceptors (Lipinski definition) is 5. The predicted molar refractivity (Wildman–Crippen MR) is 72.1 cm³/mol. The summed E-state index contributed by atoms with van der Waals surface area (Å²) in [7, 11) is 3.47. The highest BCUT2D eigenvalue weighted by atomic mass is 35.5. The molecule has 0 aliphatic rings. The second-order valence-electron chi connectivity index (χ2n) is 3.95. The van der Waals surface area contributed by atoms with E-state index in [0.29, 0.717) is 17.4 Å². The average Bonchev–Trinajstić information content (AvgIpc) is 2.93. The number of nitrogens with one attached hydrogen (secondary N) is 1. The number of rotatable bonds is 5. The third kappa shape index (κ3) is 2.82. The molecule has 0 saturated heterocycles. The Morgan fingerprint density at radius 2 is 2.39 bits per heavy atom. The van der Waals surface area contributed by atoms with Crippen molar-refractivity contribution in [1.29, 1.82) is 0 Å². The molecule has 18 heavy (non-hydrogen) atoms. The molecular weight excluding hydrogens is 272 g/mol. The van der Waals surface area contributed by atoms with Crippen molar-refractivity contribution in [1.82, 2.24) is 19.5 Å². The first-order chi connectivity index (χ1) is 8.61. The molecule has 1 atom stereocenters. The lowest BCUT2D eigenvalue weighted by Crippen LogP contribution is -2.18. The second kappa shape index (κ2) is 5.69. The Morgan fingerprint density at radius 3 is 2.94 bits per heavy atom. The van der Waals surface area contributed by atoms with E-state index in [0.717, 1.165) is 10.6 Å². The number of nitrogens with zero attached hydrogens (tertiary/aromatic N) is 3. The van der Waals surface area contributed by atoms with Gasteiger partial charge in [0.15, 0.2) is 0 Å². The van der Waals surface area contributed by atoms with Crippen LogP contribution in [0.5, 0.6) is 5.88 Å². The lowest BCUT2D eigenvalue weighted by atomic mass is 10.2. The third-order valence-corrected chi connectivity index (χ3v) is 3.94. The quantitative estimate of drug-likeness (QED) is 0.917. The monoisotopic (exact) mass is 286 g/mol. The van der Waals surface area contributed by atoms with E-state index in [1.165, 1.54) is 11.5 Å². The van der Waals surface area contributed by atoms with Crippen LogP contribution in [0.4, 0.5) is 0 Å². The molecular formula is C11H15ClN4OS. The van der Waals surface area contributed by atoms with Crippen molar-refractivity contribution in [2.24, 2.45) is 7.05 Å². The first kappa shape index (κ1) is 13.3. The van der Waals surface area contributed by atoms with Crippen LogP contribution in [0.25, 0.3) is 0 Å². The van der Waals surface area contributed by atoms with E-state index in [-0.39, 0.29) is 6.04 Å². The molecule has 0 fully saturated rings. The topological polar surface area (TPSA) is 52.0 Å². The maximum atomic E-state index is 6.12. The van der Waals surface area contributed by atoms with Crippen LogP contribution in [0.1, 0.15) is 23.5 Å². The van der Waals surface area contributed by atoms with Crippen molar-refractivity contribution >= 4 is 23.1 Å². The van der Waals surface area contributed by atoms with Crippen LogP contribution in [0, 0.1) is 0 Å². The Hall–Kier alpha value is -1.11. The molecule has 2 aromatic rings. The predicted octanol–water partition coefficient (Wildman–Crippen LogP) is 2.39. The first-order valence-corrected chi connectivity index (χ1v) is 6.68. The standard InChI is InChI=1S/C11H15ClN4OS/c1-7(8-4-5-16(2)14-8)13-6-9-10(12)11(17-3)15-18-9/h4-5,7,13H,6H2,1-3H3. The van der Waals surface area contributed by atoms with Crippen molar-refractivity contribution < 1.29 is 4.74 Å². The molecule has 0 spiro atoms. The van der Waals surface area contributed by atoms with Gasteiger partial charge in [0.05, 0.1) is 17.7 Å². The fourth-order valence-electron chi connectivity index (χ4n) is 1.55. The molecule has 2 heterocycles. The molecule has 0 amide bonds. The van der Waals surface area contributed by atoms with Crippen LogP contribution in [0.2, 0.25) is 5.02 Å². The molecule has 1 N–H and O–H groups in total. The van der Waals surface area contributed by atoms with Gasteiger partial charge in [-0.3, -0.25) is 4.68 Å². The maximum Gasteiger partial charge on any atom is 0.244 e. The fraction of sp³-hybridized carbons (Fsp3) is 0.455. The molecule has 0 aliphatic carbocycles. The molecule has 0 saturated carbocycles. The molecule has 2 rings (SSSR count). The number of aromatic nitrogens is 3. The van der Waals surface area contributed by atoms with Crippen molar-refractivity contribution in [2.45, 2.75) is 19.5 Å². The number of methoxy groups -OCH3 is 1. The zero-order valence-corrected chi connectivity index (χ0v) is 12.0. The van der Waals surface area contributed by atoms with Crippen LogP contribution in [-0.2, 0) is 13.6 Å². The lowest BCUT2D eigenvalue weighted by molar-refractivity contribution is 0.402. The van der Waals surface area contributed by atoms with Gasteiger partial charge in [-0.1, -0.05) is 11.6 Å². The number of aryl methyl sites for hydroxylation is 1. The third-order valence-electron chi connectivity index (χ3n) is 2.61. The number of ether oxygens (including phenoxy) is 1. The first-order valence-electron chi connectivity index (χ1n) is 5.52. The molecule has 5 nitrogen and oxygen atoms in total. The SMILES string of the molecule is COc1nsc(CNC(C)c2ccn(C)n2)c1Cl. The zero-order valence-electron chi connectivity index (χ0n) is 10.5. The number of hydrogen-bond donors (Lipinski definition) is 1. The molecule has 0 radical (unpaired) electrons. The van der Waals surface area contributed by atoms with Gasteiger partial charge in [-0.15, -0.1) is 0 Å². The van der Waals surface area contributed by atoms with Crippen molar-refractivity contribution in [2.75, 3.05) is 7.11 Å². The Kier molecular flexibility index (Phi) is 4.21. The summed E-state index contributed by atoms with van der Waals surface area (Å²) in [6.07, 6.45) is 1.93. The summed E-state index contributed by atoms with van der Waals surface area (Å²) in [6.45, 7) is 2.71. The van der Waals surface area contributed by atoms with Gasteiger partial charge in [0, 0.05) is 25.8 Å². The normalized spacial score (nSPS) is 12.7. The van der Waals surface area contributed by atoms with Gasteiger partial charge in [-0.05, 0) is 24.5 Å². The molecule has 0 bridgehead atoms. The van der Waals surface area contributed by atoms with Gasteiger partial charge in [0.1, 0.15) is 5.02 Å². The molecule has 0 aromatic carbocycles. The maximum absolute atomic E-state index is 6.12. The Bertz CT molecular complexity index is 525. The highest BCUT2D eigenvalue weighted by Crippen LogP contribution is 2.30. The lowest BCUT2D eigenvalue weighted by Gasteiger charge is -2.10. The summed E-state index contributed by atoms with van der Waals surface area (Å²) in [4.78, 5) is 0.969. The summed E-state index contributed by atoms with van der Waals surface area (Å²) in [5.74, 6) is 0.490. The molecule has 7 heteroatoms. The second-order valence-corrected chi connectivity index (χ2v) is 5.18. The van der Waals surface area contributed by atoms with Crippen molar-refractivity contribution in [3.8, 4) is 5.88 Å². The summed E-state index contributed by atoms with van der Waals surface area (Å²) in [5.41, 5.74) is 1.00. The van der Waals surface area contributed by atoms with Crippen LogP contribution in [0.3, 0.4) is 0 Å². The molecule has 0 aliphatic heterocycles. The van der Waals surface area contributed by atoms with E-state index in [4.69, 9.17) is 16.3 Å². The molecule has 98 valence electrons. The minimum atomic E-state index is 0.162. The summed E-state index contributed by atoms with van der Waals surface area (Å²) < 4.78 is 10.9. The Balaban J connectivity index is 1.97. The fourth-order valence-corrected chi connectivity index (χ4v) is 2.56. The Labute approximate surface area is 115 Å². The van der Waals surface area contributed by atoms with Gasteiger partial charge in [0.2, 0.25) is 5.88 Å². The molecule has 1 unspecified atom stereocenters. The highest BCUT2D eigenvalue weighted by Gasteiger charge is 2.14. The van der Waals surface area contributed by atoms with Gasteiger partial charge < -0.3 is 10.1 Å². The van der Waals surface area contributed by atoms with E-state index < -0.39 is 0 Å². The molecule has 2 aromatic heterocycles. The van der Waals surface area contributed by atoms with Crippen molar-refractivity contribution in [3.05, 3.63) is 27.9 Å². The number of halogens is 1. The van der Waals surface area contributed by atoms with E-state index in [1.807, 2.05) is 19.3 Å². The van der Waals surface area contributed by atoms with E-state index in [2.05, 4.69) is 21.7 Å². The van der Waals surface area contributed by atoms with Crippen molar-refractivity contribution in [3.63, 3.8) is 0 Å². The van der Waals surface area contributed by atoms with Gasteiger partial charge in [-0.2, -0.15) is 9.47 Å². The minimum absolute atomic E-state index is 0.162. The van der Waals surface area contributed by atoms with Crippen LogP contribution >= 0.6 is 23.1 Å². The van der Waals surface area contributed by atoms with Gasteiger partial charge >= 0.3 is 0 Å². The largest absolute Gasteiger partial charge is 0.479 e. The van der Waals surface area contributed by atoms with E-state index in [1.54, 1.807) is 11.8 Å². The van der Waals surface area contributed by atoms with Gasteiger partial charge in [-0.25, -0.2) is 0 Å². The Morgan fingerprint density at radius 1 is 1.61 bits per heavy atom. The smallest absolute Gasteiger partial charge is 0.244 e. The summed E-state index contributed by atoms with van der Waals surface area (Å²) in [6, 6.07) is 2.15. The highest BCUT2D eigenvalue weighted by molar-refractivity contribution is 7.06. The van der Waals surface area contributed by atoms with Crippen LogP contribution in [-0.4, -0.2) is 21.3 Å². The summed E-state index contributed by atoms with van der Waals surface area (Å²) in [5, 5.41) is 8.30. The van der Waals surface area contributed by atoms with E-state index in [9.17, 15) is 0 Å². The van der Waals surface area contributed by atoms with Crippen LogP contribution < -0.4 is 10.1 Å². The van der Waals surface area contributed by atoms with Crippen LogP contribution in [0.15, 0.2) is 12.3 Å². The summed E-state index contributed by atoms with van der Waals surface area (Å²) >= 11 is 7.47. The van der Waals surface area contributed by atoms with E-state index >= 15 is 0 Å². The minimum Gasteiger partial charge on any atom is -0.479 e. The zero-order chi connectivity index (χ0) is 13.1. The van der Waals surface area contributed by atoms with Gasteiger partial charge in [0.25, 0.3) is 0 Å².